The molecule has 1 amide bonds. The van der Waals surface area contributed by atoms with E-state index in [1.54, 1.807) is 6.07 Å². The van der Waals surface area contributed by atoms with Crippen molar-refractivity contribution in [2.45, 2.75) is 6.54 Å². The molecule has 2 N–H and O–H groups in total. The van der Waals surface area contributed by atoms with Crippen molar-refractivity contribution in [3.63, 3.8) is 0 Å². The van der Waals surface area contributed by atoms with Gasteiger partial charge in [-0.1, -0.05) is 36.4 Å². The van der Waals surface area contributed by atoms with E-state index in [-0.39, 0.29) is 5.91 Å². The molecule has 0 saturated heterocycles. The van der Waals surface area contributed by atoms with Gasteiger partial charge in [-0.05, 0) is 11.4 Å². The van der Waals surface area contributed by atoms with Crippen molar-refractivity contribution in [2.24, 2.45) is 0 Å². The first-order chi connectivity index (χ1) is 9.83. The second kappa shape index (κ2) is 5.66. The first kappa shape index (κ1) is 12.6. The molecule has 2 aromatic heterocycles. The molecule has 3 aromatic rings. The Kier molecular flexibility index (Phi) is 3.56. The predicted molar refractivity (Wildman–Crippen MR) is 77.3 cm³/mol. The van der Waals surface area contributed by atoms with E-state index >= 15 is 0 Å². The highest BCUT2D eigenvalue weighted by Crippen LogP contribution is 2.13. The van der Waals surface area contributed by atoms with E-state index in [1.807, 2.05) is 41.8 Å². The summed E-state index contributed by atoms with van der Waals surface area (Å²) < 4.78 is 0. The van der Waals surface area contributed by atoms with Gasteiger partial charge in [-0.15, -0.1) is 11.3 Å². The molecule has 0 aliphatic rings. The lowest BCUT2D eigenvalue weighted by Gasteiger charge is -1.99. The third-order valence-electron chi connectivity index (χ3n) is 2.73. The van der Waals surface area contributed by atoms with Crippen molar-refractivity contribution in [1.29, 1.82) is 0 Å². The molecule has 0 atom stereocenters. The standard InChI is InChI=1S/C14H12N4OS/c19-14(11-7-4-8-20-11)15-9-12-16-13(18-17-12)10-5-2-1-3-6-10/h1-8H,9H2,(H,15,19)(H,16,17,18). The van der Waals surface area contributed by atoms with Crippen LogP contribution in [-0.4, -0.2) is 21.1 Å². The number of aromatic nitrogens is 3. The Balaban J connectivity index is 1.65. The fourth-order valence-electron chi connectivity index (χ4n) is 1.75. The van der Waals surface area contributed by atoms with Crippen LogP contribution in [0, 0.1) is 0 Å². The van der Waals surface area contributed by atoms with Crippen molar-refractivity contribution in [3.05, 3.63) is 58.5 Å². The van der Waals surface area contributed by atoms with Crippen LogP contribution in [0.2, 0.25) is 0 Å². The number of carbonyl (C=O) groups excluding carboxylic acids is 1. The Labute approximate surface area is 119 Å². The number of thiophene rings is 1. The fraction of sp³-hybridized carbons (Fsp3) is 0.0714. The van der Waals surface area contributed by atoms with Crippen LogP contribution in [0.4, 0.5) is 0 Å². The average molecular weight is 284 g/mol. The number of nitrogens with zero attached hydrogens (tertiary/aromatic N) is 2. The Morgan fingerprint density at radius 1 is 1.20 bits per heavy atom. The molecule has 0 spiro atoms. The van der Waals surface area contributed by atoms with Crippen LogP contribution < -0.4 is 5.32 Å². The molecule has 2 heterocycles. The van der Waals surface area contributed by atoms with Gasteiger partial charge in [-0.3, -0.25) is 9.89 Å². The van der Waals surface area contributed by atoms with Gasteiger partial charge in [0.25, 0.3) is 5.91 Å². The summed E-state index contributed by atoms with van der Waals surface area (Å²) in [6, 6.07) is 13.3. The summed E-state index contributed by atoms with van der Waals surface area (Å²) in [7, 11) is 0. The Bertz CT molecular complexity index is 691. The first-order valence-corrected chi connectivity index (χ1v) is 6.99. The Morgan fingerprint density at radius 2 is 2.05 bits per heavy atom. The van der Waals surface area contributed by atoms with Crippen LogP contribution >= 0.6 is 11.3 Å². The smallest absolute Gasteiger partial charge is 0.261 e. The van der Waals surface area contributed by atoms with E-state index in [4.69, 9.17) is 0 Å². The largest absolute Gasteiger partial charge is 0.344 e. The lowest BCUT2D eigenvalue weighted by atomic mass is 10.2. The first-order valence-electron chi connectivity index (χ1n) is 6.11. The number of H-pyrrole nitrogens is 1. The number of rotatable bonds is 4. The fourth-order valence-corrected chi connectivity index (χ4v) is 2.39. The highest BCUT2D eigenvalue weighted by atomic mass is 32.1. The molecule has 0 radical (unpaired) electrons. The van der Waals surface area contributed by atoms with E-state index in [0.717, 1.165) is 5.56 Å². The van der Waals surface area contributed by atoms with E-state index in [1.165, 1.54) is 11.3 Å². The second-order valence-corrected chi connectivity index (χ2v) is 5.08. The number of hydrogen-bond acceptors (Lipinski definition) is 4. The van der Waals surface area contributed by atoms with Crippen LogP contribution in [0.15, 0.2) is 47.8 Å². The lowest BCUT2D eigenvalue weighted by Crippen LogP contribution is -2.22. The van der Waals surface area contributed by atoms with E-state index in [0.29, 0.717) is 23.1 Å². The maximum absolute atomic E-state index is 11.8. The molecule has 6 heteroatoms. The molecular formula is C14H12N4OS. The van der Waals surface area contributed by atoms with Crippen molar-refractivity contribution in [1.82, 2.24) is 20.5 Å². The summed E-state index contributed by atoms with van der Waals surface area (Å²) in [5.74, 6) is 1.16. The van der Waals surface area contributed by atoms with Gasteiger partial charge in [0, 0.05) is 5.56 Å². The Morgan fingerprint density at radius 3 is 2.80 bits per heavy atom. The zero-order valence-corrected chi connectivity index (χ0v) is 11.4. The van der Waals surface area contributed by atoms with Gasteiger partial charge in [0.15, 0.2) is 5.82 Å². The zero-order valence-electron chi connectivity index (χ0n) is 10.5. The number of benzene rings is 1. The van der Waals surface area contributed by atoms with Gasteiger partial charge < -0.3 is 5.32 Å². The minimum Gasteiger partial charge on any atom is -0.344 e. The molecule has 0 bridgehead atoms. The molecule has 20 heavy (non-hydrogen) atoms. The third kappa shape index (κ3) is 2.75. The van der Waals surface area contributed by atoms with Gasteiger partial charge in [0.05, 0.1) is 11.4 Å². The lowest BCUT2D eigenvalue weighted by molar-refractivity contribution is 0.0954. The number of nitrogens with one attached hydrogen (secondary N) is 2. The van der Waals surface area contributed by atoms with E-state index in [2.05, 4.69) is 20.5 Å². The maximum atomic E-state index is 11.8. The zero-order chi connectivity index (χ0) is 13.8. The van der Waals surface area contributed by atoms with Crippen molar-refractivity contribution >= 4 is 17.2 Å². The monoisotopic (exact) mass is 284 g/mol. The molecule has 5 nitrogen and oxygen atoms in total. The quantitative estimate of drug-likeness (QED) is 0.773. The van der Waals surface area contributed by atoms with Gasteiger partial charge >= 0.3 is 0 Å². The van der Waals surface area contributed by atoms with Gasteiger partial charge in [-0.2, -0.15) is 5.10 Å². The molecule has 0 fully saturated rings. The van der Waals surface area contributed by atoms with Crippen LogP contribution in [0.5, 0.6) is 0 Å². The van der Waals surface area contributed by atoms with Crippen molar-refractivity contribution in [3.8, 4) is 11.4 Å². The SMILES string of the molecule is O=C(NCc1nc(-c2ccccc2)n[nH]1)c1cccs1. The average Bonchev–Trinajstić information content (AvgIpc) is 3.17. The molecule has 0 aliphatic carbocycles. The second-order valence-electron chi connectivity index (χ2n) is 4.13. The number of hydrogen-bond donors (Lipinski definition) is 2. The van der Waals surface area contributed by atoms with Gasteiger partial charge in [0.2, 0.25) is 0 Å². The summed E-state index contributed by atoms with van der Waals surface area (Å²) in [6.45, 7) is 0.330. The molecule has 0 aliphatic heterocycles. The van der Waals surface area contributed by atoms with Crippen molar-refractivity contribution < 1.29 is 4.79 Å². The third-order valence-corrected chi connectivity index (χ3v) is 3.59. The topological polar surface area (TPSA) is 70.7 Å². The van der Waals surface area contributed by atoms with Gasteiger partial charge in [0.1, 0.15) is 5.82 Å². The normalized spacial score (nSPS) is 10.4. The highest BCUT2D eigenvalue weighted by Gasteiger charge is 2.09. The van der Waals surface area contributed by atoms with Crippen molar-refractivity contribution in [2.75, 3.05) is 0 Å². The van der Waals surface area contributed by atoms with Crippen LogP contribution in [0.25, 0.3) is 11.4 Å². The van der Waals surface area contributed by atoms with Crippen LogP contribution in [0.3, 0.4) is 0 Å². The summed E-state index contributed by atoms with van der Waals surface area (Å²) in [5.41, 5.74) is 0.944. The molecule has 3 rings (SSSR count). The summed E-state index contributed by atoms with van der Waals surface area (Å²) in [4.78, 5) is 16.8. The predicted octanol–water partition coefficient (Wildman–Crippen LogP) is 2.46. The molecule has 0 unspecified atom stereocenters. The minimum atomic E-state index is -0.0994. The van der Waals surface area contributed by atoms with Crippen LogP contribution in [-0.2, 0) is 6.54 Å². The van der Waals surface area contributed by atoms with Crippen LogP contribution in [0.1, 0.15) is 15.5 Å². The summed E-state index contributed by atoms with van der Waals surface area (Å²) >= 11 is 1.41. The number of aromatic amines is 1. The number of carbonyl (C=O) groups is 1. The minimum absolute atomic E-state index is 0.0994. The highest BCUT2D eigenvalue weighted by molar-refractivity contribution is 7.12. The van der Waals surface area contributed by atoms with E-state index in [9.17, 15) is 4.79 Å². The molecule has 1 aromatic carbocycles. The number of amides is 1. The maximum Gasteiger partial charge on any atom is 0.261 e. The van der Waals surface area contributed by atoms with Gasteiger partial charge in [-0.25, -0.2) is 4.98 Å². The molecule has 100 valence electrons. The Hall–Kier alpha value is -2.47. The summed E-state index contributed by atoms with van der Waals surface area (Å²) in [5, 5.41) is 11.7. The molecule has 0 saturated carbocycles. The summed E-state index contributed by atoms with van der Waals surface area (Å²) in [6.07, 6.45) is 0. The molecular weight excluding hydrogens is 272 g/mol. The van der Waals surface area contributed by atoms with E-state index < -0.39 is 0 Å².